The first kappa shape index (κ1) is 10.2. The van der Waals surface area contributed by atoms with Crippen molar-refractivity contribution in [3.05, 3.63) is 40.4 Å². The highest BCUT2D eigenvalue weighted by Crippen LogP contribution is 2.31. The minimum atomic E-state index is -1.03. The molecule has 0 aliphatic heterocycles. The number of phenolic OH excluding ortho intramolecular Hbond substituents is 1. The van der Waals surface area contributed by atoms with Crippen molar-refractivity contribution in [2.45, 2.75) is 6.42 Å². The number of hydrogen-bond donors (Lipinski definition) is 1. The van der Waals surface area contributed by atoms with Crippen LogP contribution in [0.1, 0.15) is 5.56 Å². The Morgan fingerprint density at radius 1 is 1.54 bits per heavy atom. The predicted octanol–water partition coefficient (Wildman–Crippen LogP) is 3.16. The van der Waals surface area contributed by atoms with Crippen molar-refractivity contribution in [2.24, 2.45) is 0 Å². The lowest BCUT2D eigenvalue weighted by molar-refractivity contribution is 0.441. The smallest absolute Gasteiger partial charge is 0.166 e. The largest absolute Gasteiger partial charge is 0.506 e. The van der Waals surface area contributed by atoms with Crippen LogP contribution in [0.3, 0.4) is 0 Å². The summed E-state index contributed by atoms with van der Waals surface area (Å²) in [6, 6.07) is 0.886. The summed E-state index contributed by atoms with van der Waals surface area (Å²) in [7, 11) is 0. The normalized spacial score (nSPS) is 10.1. The van der Waals surface area contributed by atoms with Gasteiger partial charge in [0.1, 0.15) is 5.75 Å². The molecule has 0 spiro atoms. The Balaban J connectivity index is 3.36. The number of halogens is 3. The van der Waals surface area contributed by atoms with Gasteiger partial charge in [-0.05, 0) is 28.4 Å². The maximum atomic E-state index is 13.0. The topological polar surface area (TPSA) is 20.2 Å². The second-order valence-electron chi connectivity index (χ2n) is 2.47. The first-order valence-corrected chi connectivity index (χ1v) is 4.33. The fraction of sp³-hybridized carbons (Fsp3) is 0.111. The standard InChI is InChI=1S/C9H7BrF2O/c1-2-3-5-8(12)7(11)4-6(10)9(5)13/h2,4,13H,1,3H2. The van der Waals surface area contributed by atoms with Gasteiger partial charge in [0.25, 0.3) is 0 Å². The molecule has 0 aliphatic rings. The molecule has 0 fully saturated rings. The van der Waals surface area contributed by atoms with Crippen molar-refractivity contribution in [2.75, 3.05) is 0 Å². The van der Waals surface area contributed by atoms with E-state index in [1.54, 1.807) is 0 Å². The van der Waals surface area contributed by atoms with Crippen molar-refractivity contribution >= 4 is 15.9 Å². The molecular weight excluding hydrogens is 242 g/mol. The SMILES string of the molecule is C=CCc1c(O)c(Br)cc(F)c1F. The molecule has 1 aromatic carbocycles. The summed E-state index contributed by atoms with van der Waals surface area (Å²) >= 11 is 2.91. The van der Waals surface area contributed by atoms with Gasteiger partial charge < -0.3 is 5.11 Å². The van der Waals surface area contributed by atoms with Crippen LogP contribution in [0, 0.1) is 11.6 Å². The average Bonchev–Trinajstić information content (AvgIpc) is 2.09. The molecule has 0 saturated heterocycles. The van der Waals surface area contributed by atoms with E-state index < -0.39 is 11.6 Å². The summed E-state index contributed by atoms with van der Waals surface area (Å²) in [5.74, 6) is -2.29. The van der Waals surface area contributed by atoms with Crippen LogP contribution in [0.5, 0.6) is 5.75 Å². The number of hydrogen-bond acceptors (Lipinski definition) is 1. The minimum absolute atomic E-state index is 0.0816. The lowest BCUT2D eigenvalue weighted by Crippen LogP contribution is -1.94. The van der Waals surface area contributed by atoms with Crippen molar-refractivity contribution in [3.63, 3.8) is 0 Å². The Kier molecular flexibility index (Phi) is 3.03. The monoisotopic (exact) mass is 248 g/mol. The van der Waals surface area contributed by atoms with E-state index in [1.165, 1.54) is 6.08 Å². The number of benzene rings is 1. The zero-order valence-corrected chi connectivity index (χ0v) is 8.24. The van der Waals surface area contributed by atoms with Crippen LogP contribution >= 0.6 is 15.9 Å². The van der Waals surface area contributed by atoms with E-state index >= 15 is 0 Å². The number of phenols is 1. The maximum absolute atomic E-state index is 13.0. The molecule has 0 bridgehead atoms. The van der Waals surface area contributed by atoms with E-state index in [9.17, 15) is 13.9 Å². The summed E-state index contributed by atoms with van der Waals surface area (Å²) in [6.07, 6.45) is 1.48. The Morgan fingerprint density at radius 3 is 2.69 bits per heavy atom. The van der Waals surface area contributed by atoms with Crippen molar-refractivity contribution in [1.29, 1.82) is 0 Å². The Labute approximate surface area is 82.8 Å². The zero-order valence-electron chi connectivity index (χ0n) is 6.65. The van der Waals surface area contributed by atoms with Crippen LogP contribution in [0.15, 0.2) is 23.2 Å². The summed E-state index contributed by atoms with van der Waals surface area (Å²) in [5.41, 5.74) is -0.0816. The summed E-state index contributed by atoms with van der Waals surface area (Å²) < 4.78 is 26.0. The van der Waals surface area contributed by atoms with E-state index in [-0.39, 0.29) is 22.2 Å². The number of rotatable bonds is 2. The Bertz CT molecular complexity index is 324. The molecule has 0 aliphatic carbocycles. The van der Waals surface area contributed by atoms with Crippen LogP contribution in [0.2, 0.25) is 0 Å². The molecule has 0 amide bonds. The number of aromatic hydroxyl groups is 1. The third-order valence-electron chi connectivity index (χ3n) is 1.59. The second-order valence-corrected chi connectivity index (χ2v) is 3.33. The van der Waals surface area contributed by atoms with E-state index in [2.05, 4.69) is 22.5 Å². The van der Waals surface area contributed by atoms with Crippen molar-refractivity contribution in [3.8, 4) is 5.75 Å². The summed E-state index contributed by atoms with van der Waals surface area (Å²) in [5, 5.41) is 9.33. The highest BCUT2D eigenvalue weighted by atomic mass is 79.9. The van der Waals surface area contributed by atoms with Gasteiger partial charge in [-0.1, -0.05) is 6.08 Å². The highest BCUT2D eigenvalue weighted by Gasteiger charge is 2.15. The van der Waals surface area contributed by atoms with Crippen LogP contribution in [-0.4, -0.2) is 5.11 Å². The molecule has 13 heavy (non-hydrogen) atoms. The molecule has 1 N–H and O–H groups in total. The molecular formula is C9H7BrF2O. The first-order chi connectivity index (χ1) is 6.07. The van der Waals surface area contributed by atoms with Gasteiger partial charge in [0.05, 0.1) is 4.47 Å². The van der Waals surface area contributed by atoms with Crippen LogP contribution < -0.4 is 0 Å². The van der Waals surface area contributed by atoms with E-state index in [1.807, 2.05) is 0 Å². The fourth-order valence-corrected chi connectivity index (χ4v) is 1.41. The van der Waals surface area contributed by atoms with Gasteiger partial charge in [-0.25, -0.2) is 8.78 Å². The van der Waals surface area contributed by atoms with Gasteiger partial charge in [0.2, 0.25) is 0 Å². The maximum Gasteiger partial charge on any atom is 0.166 e. The van der Waals surface area contributed by atoms with E-state index in [4.69, 9.17) is 0 Å². The lowest BCUT2D eigenvalue weighted by atomic mass is 10.1. The van der Waals surface area contributed by atoms with Gasteiger partial charge in [-0.3, -0.25) is 0 Å². The molecule has 1 nitrogen and oxygen atoms in total. The molecule has 0 radical (unpaired) electrons. The minimum Gasteiger partial charge on any atom is -0.506 e. The molecule has 0 aromatic heterocycles. The lowest BCUT2D eigenvalue weighted by Gasteiger charge is -2.06. The summed E-state index contributed by atoms with van der Waals surface area (Å²) in [6.45, 7) is 3.38. The molecule has 0 saturated carbocycles. The van der Waals surface area contributed by atoms with Gasteiger partial charge >= 0.3 is 0 Å². The Hall–Kier alpha value is -0.900. The van der Waals surface area contributed by atoms with Crippen molar-refractivity contribution < 1.29 is 13.9 Å². The van der Waals surface area contributed by atoms with E-state index in [0.717, 1.165) is 6.07 Å². The Morgan fingerprint density at radius 2 is 2.15 bits per heavy atom. The third-order valence-corrected chi connectivity index (χ3v) is 2.19. The van der Waals surface area contributed by atoms with Crippen LogP contribution in [0.25, 0.3) is 0 Å². The van der Waals surface area contributed by atoms with Gasteiger partial charge in [0, 0.05) is 5.56 Å². The molecule has 0 atom stereocenters. The van der Waals surface area contributed by atoms with E-state index in [0.29, 0.717) is 0 Å². The quantitative estimate of drug-likeness (QED) is 0.630. The van der Waals surface area contributed by atoms with Crippen LogP contribution in [0.4, 0.5) is 8.78 Å². The molecule has 0 heterocycles. The first-order valence-electron chi connectivity index (χ1n) is 3.54. The summed E-state index contributed by atoms with van der Waals surface area (Å²) in [4.78, 5) is 0. The predicted molar refractivity (Wildman–Crippen MR) is 49.6 cm³/mol. The van der Waals surface area contributed by atoms with Crippen LogP contribution in [-0.2, 0) is 6.42 Å². The van der Waals surface area contributed by atoms with Gasteiger partial charge in [-0.2, -0.15) is 0 Å². The number of allylic oxidation sites excluding steroid dienone is 1. The third kappa shape index (κ3) is 1.88. The van der Waals surface area contributed by atoms with Crippen molar-refractivity contribution in [1.82, 2.24) is 0 Å². The zero-order chi connectivity index (χ0) is 10.0. The van der Waals surface area contributed by atoms with Gasteiger partial charge in [-0.15, -0.1) is 6.58 Å². The second kappa shape index (κ2) is 3.87. The molecule has 1 rings (SSSR count). The molecule has 0 unspecified atom stereocenters. The fourth-order valence-electron chi connectivity index (χ4n) is 0.966. The molecule has 70 valence electrons. The highest BCUT2D eigenvalue weighted by molar-refractivity contribution is 9.10. The molecule has 4 heteroatoms. The van der Waals surface area contributed by atoms with Gasteiger partial charge in [0.15, 0.2) is 11.6 Å². The average molecular weight is 249 g/mol. The molecule has 1 aromatic rings.